The van der Waals surface area contributed by atoms with Crippen molar-refractivity contribution in [1.29, 1.82) is 0 Å². The number of hydrogen-bond acceptors (Lipinski definition) is 4. The zero-order chi connectivity index (χ0) is 12.8. The van der Waals surface area contributed by atoms with Crippen LogP contribution < -0.4 is 4.72 Å². The van der Waals surface area contributed by atoms with E-state index < -0.39 is 16.2 Å². The molecule has 0 radical (unpaired) electrons. The first-order valence-corrected chi connectivity index (χ1v) is 6.27. The molecule has 96 valence electrons. The lowest BCUT2D eigenvalue weighted by Crippen LogP contribution is -2.41. The minimum absolute atomic E-state index is 0.0851. The first kappa shape index (κ1) is 15.3. The second kappa shape index (κ2) is 6.79. The summed E-state index contributed by atoms with van der Waals surface area (Å²) in [5.41, 5.74) is 0. The van der Waals surface area contributed by atoms with Gasteiger partial charge in [0, 0.05) is 26.7 Å². The number of carbonyl (C=O) groups is 1. The Labute approximate surface area is 95.2 Å². The minimum atomic E-state index is -3.65. The molecular formula is C8H18N2O5S. The highest BCUT2D eigenvalue weighted by molar-refractivity contribution is 7.87. The number of aliphatic hydroxyl groups excluding tert-OH is 1. The molecule has 7 nitrogen and oxygen atoms in total. The van der Waals surface area contributed by atoms with E-state index in [0.717, 1.165) is 4.31 Å². The third kappa shape index (κ3) is 6.01. The molecule has 0 amide bonds. The molecule has 0 heterocycles. The van der Waals surface area contributed by atoms with Gasteiger partial charge in [-0.25, -0.2) is 4.72 Å². The summed E-state index contributed by atoms with van der Waals surface area (Å²) < 4.78 is 26.2. The Kier molecular flexibility index (Phi) is 6.49. The van der Waals surface area contributed by atoms with Crippen molar-refractivity contribution in [2.45, 2.75) is 13.3 Å². The van der Waals surface area contributed by atoms with Crippen LogP contribution >= 0.6 is 0 Å². The van der Waals surface area contributed by atoms with E-state index >= 15 is 0 Å². The predicted molar refractivity (Wildman–Crippen MR) is 58.1 cm³/mol. The highest BCUT2D eigenvalue weighted by Gasteiger charge is 2.18. The highest BCUT2D eigenvalue weighted by atomic mass is 32.2. The smallest absolute Gasteiger partial charge is 0.304 e. The van der Waals surface area contributed by atoms with Crippen molar-refractivity contribution in [2.75, 3.05) is 26.7 Å². The van der Waals surface area contributed by atoms with Gasteiger partial charge in [0.05, 0.1) is 6.42 Å². The van der Waals surface area contributed by atoms with Crippen LogP contribution in [0.25, 0.3) is 0 Å². The maximum atomic E-state index is 11.5. The van der Waals surface area contributed by atoms with Gasteiger partial charge in [-0.3, -0.25) is 4.79 Å². The molecule has 1 unspecified atom stereocenters. The van der Waals surface area contributed by atoms with Crippen LogP contribution in [-0.2, 0) is 15.0 Å². The fraction of sp³-hybridized carbons (Fsp3) is 0.875. The summed E-state index contributed by atoms with van der Waals surface area (Å²) in [4.78, 5) is 10.3. The standard InChI is InChI=1S/C8H18N2O5S/c1-7(6-11)5-9-16(14,15)10(2)4-3-8(12)13/h7,9,11H,3-6H2,1-2H3,(H,12,13). The van der Waals surface area contributed by atoms with Gasteiger partial charge in [0.1, 0.15) is 0 Å². The van der Waals surface area contributed by atoms with E-state index in [1.807, 2.05) is 0 Å². The summed E-state index contributed by atoms with van der Waals surface area (Å²) in [6.45, 7) is 1.62. The van der Waals surface area contributed by atoms with Gasteiger partial charge in [0.25, 0.3) is 10.2 Å². The van der Waals surface area contributed by atoms with E-state index in [9.17, 15) is 13.2 Å². The molecule has 0 rings (SSSR count). The molecule has 0 aromatic carbocycles. The monoisotopic (exact) mass is 254 g/mol. The molecule has 0 aromatic heterocycles. The zero-order valence-corrected chi connectivity index (χ0v) is 10.2. The van der Waals surface area contributed by atoms with E-state index in [1.165, 1.54) is 7.05 Å². The van der Waals surface area contributed by atoms with Crippen LogP contribution in [0.15, 0.2) is 0 Å². The van der Waals surface area contributed by atoms with Crippen LogP contribution in [0.5, 0.6) is 0 Å². The second-order valence-corrected chi connectivity index (χ2v) is 5.47. The number of rotatable bonds is 8. The van der Waals surface area contributed by atoms with Crippen LogP contribution in [0, 0.1) is 5.92 Å². The van der Waals surface area contributed by atoms with Crippen LogP contribution in [0.1, 0.15) is 13.3 Å². The van der Waals surface area contributed by atoms with Gasteiger partial charge >= 0.3 is 5.97 Å². The molecule has 0 fully saturated rings. The fourth-order valence-electron chi connectivity index (χ4n) is 0.796. The largest absolute Gasteiger partial charge is 0.481 e. The summed E-state index contributed by atoms with van der Waals surface area (Å²) in [6, 6.07) is 0. The molecular weight excluding hydrogens is 236 g/mol. The summed E-state index contributed by atoms with van der Waals surface area (Å²) in [5, 5.41) is 17.1. The molecule has 0 spiro atoms. The average molecular weight is 254 g/mol. The van der Waals surface area contributed by atoms with Crippen LogP contribution in [-0.4, -0.2) is 55.6 Å². The lowest BCUT2D eigenvalue weighted by molar-refractivity contribution is -0.137. The molecule has 0 aliphatic heterocycles. The molecule has 16 heavy (non-hydrogen) atoms. The van der Waals surface area contributed by atoms with Crippen molar-refractivity contribution < 1.29 is 23.4 Å². The van der Waals surface area contributed by atoms with E-state index in [-0.39, 0.29) is 32.0 Å². The topological polar surface area (TPSA) is 107 Å². The van der Waals surface area contributed by atoms with Gasteiger partial charge in [-0.1, -0.05) is 6.92 Å². The average Bonchev–Trinajstić information content (AvgIpc) is 2.22. The number of nitrogens with one attached hydrogen (secondary N) is 1. The Bertz CT molecular complexity index is 316. The maximum Gasteiger partial charge on any atom is 0.304 e. The van der Waals surface area contributed by atoms with Crippen molar-refractivity contribution >= 4 is 16.2 Å². The molecule has 0 aromatic rings. The second-order valence-electron chi connectivity index (χ2n) is 3.61. The summed E-state index contributed by atoms with van der Waals surface area (Å²) in [7, 11) is -2.35. The van der Waals surface area contributed by atoms with Crippen LogP contribution in [0.2, 0.25) is 0 Å². The number of carboxylic acid groups (broad SMARTS) is 1. The Morgan fingerprint density at radius 1 is 1.50 bits per heavy atom. The predicted octanol–water partition coefficient (Wildman–Crippen LogP) is -1.14. The summed E-state index contributed by atoms with van der Waals surface area (Å²) >= 11 is 0. The molecule has 8 heteroatoms. The first-order chi connectivity index (χ1) is 7.29. The number of hydrogen-bond donors (Lipinski definition) is 3. The number of nitrogens with zero attached hydrogens (tertiary/aromatic N) is 1. The van der Waals surface area contributed by atoms with Crippen molar-refractivity contribution in [3.63, 3.8) is 0 Å². The van der Waals surface area contributed by atoms with E-state index in [1.54, 1.807) is 6.92 Å². The Morgan fingerprint density at radius 3 is 2.50 bits per heavy atom. The SMILES string of the molecule is CC(CO)CNS(=O)(=O)N(C)CCC(=O)O. The third-order valence-corrected chi connectivity index (χ3v) is 3.51. The molecule has 0 saturated carbocycles. The summed E-state index contributed by atoms with van der Waals surface area (Å²) in [6.07, 6.45) is -0.243. The van der Waals surface area contributed by atoms with Gasteiger partial charge in [0.15, 0.2) is 0 Å². The maximum absolute atomic E-state index is 11.5. The van der Waals surface area contributed by atoms with Crippen molar-refractivity contribution in [3.8, 4) is 0 Å². The van der Waals surface area contributed by atoms with Crippen LogP contribution in [0.4, 0.5) is 0 Å². The third-order valence-electron chi connectivity index (χ3n) is 1.98. The van der Waals surface area contributed by atoms with Gasteiger partial charge in [-0.15, -0.1) is 0 Å². The van der Waals surface area contributed by atoms with Gasteiger partial charge in [-0.05, 0) is 5.92 Å². The van der Waals surface area contributed by atoms with E-state index in [2.05, 4.69) is 4.72 Å². The van der Waals surface area contributed by atoms with Crippen molar-refractivity contribution in [1.82, 2.24) is 9.03 Å². The highest BCUT2D eigenvalue weighted by Crippen LogP contribution is 1.98. The number of aliphatic hydroxyl groups is 1. The molecule has 0 aliphatic rings. The Balaban J connectivity index is 4.16. The van der Waals surface area contributed by atoms with Gasteiger partial charge in [-0.2, -0.15) is 12.7 Å². The summed E-state index contributed by atoms with van der Waals surface area (Å²) in [5.74, 6) is -1.23. The molecule has 0 bridgehead atoms. The first-order valence-electron chi connectivity index (χ1n) is 4.83. The van der Waals surface area contributed by atoms with E-state index in [0.29, 0.717) is 0 Å². The lowest BCUT2D eigenvalue weighted by Gasteiger charge is -2.18. The lowest BCUT2D eigenvalue weighted by atomic mass is 10.2. The van der Waals surface area contributed by atoms with Crippen molar-refractivity contribution in [2.24, 2.45) is 5.92 Å². The molecule has 0 saturated heterocycles. The normalized spacial score (nSPS) is 14.0. The zero-order valence-electron chi connectivity index (χ0n) is 9.38. The van der Waals surface area contributed by atoms with Gasteiger partial charge in [0.2, 0.25) is 0 Å². The number of aliphatic carboxylic acids is 1. The molecule has 1 atom stereocenters. The van der Waals surface area contributed by atoms with Crippen LogP contribution in [0.3, 0.4) is 0 Å². The minimum Gasteiger partial charge on any atom is -0.481 e. The molecule has 0 aliphatic carbocycles. The number of carboxylic acids is 1. The van der Waals surface area contributed by atoms with Gasteiger partial charge < -0.3 is 10.2 Å². The quantitative estimate of drug-likeness (QED) is 0.507. The van der Waals surface area contributed by atoms with Crippen molar-refractivity contribution in [3.05, 3.63) is 0 Å². The van der Waals surface area contributed by atoms with E-state index in [4.69, 9.17) is 10.2 Å². The Hall–Kier alpha value is -0.700. The fourth-order valence-corrected chi connectivity index (χ4v) is 1.84. The Morgan fingerprint density at radius 2 is 2.06 bits per heavy atom. The molecule has 3 N–H and O–H groups in total.